The van der Waals surface area contributed by atoms with Crippen LogP contribution in [0.1, 0.15) is 10.4 Å². The first-order valence-electron chi connectivity index (χ1n) is 8.17. The first-order chi connectivity index (χ1) is 12.7. The zero-order valence-electron chi connectivity index (χ0n) is 14.1. The molecule has 0 saturated heterocycles. The van der Waals surface area contributed by atoms with Gasteiger partial charge in [0, 0.05) is 0 Å². The predicted octanol–water partition coefficient (Wildman–Crippen LogP) is 3.57. The summed E-state index contributed by atoms with van der Waals surface area (Å²) in [5, 5.41) is 0.459. The number of aromatic nitrogens is 2. The molecule has 5 heteroatoms. The van der Waals surface area contributed by atoms with Gasteiger partial charge in [-0.1, -0.05) is 36.4 Å². The van der Waals surface area contributed by atoms with Crippen molar-refractivity contribution in [3.8, 4) is 11.4 Å². The number of fused-ring (bicyclic) bond motifs is 1. The van der Waals surface area contributed by atoms with E-state index in [1.54, 1.807) is 22.9 Å². The van der Waals surface area contributed by atoms with Crippen molar-refractivity contribution in [1.82, 2.24) is 9.36 Å². The Morgan fingerprint density at radius 3 is 1.96 bits per heavy atom. The maximum absolute atomic E-state index is 13.2. The van der Waals surface area contributed by atoms with Gasteiger partial charge in [0.1, 0.15) is 0 Å². The number of hydrogen-bond acceptors (Lipinski definition) is 3. The summed E-state index contributed by atoms with van der Waals surface area (Å²) >= 11 is 0. The van der Waals surface area contributed by atoms with Gasteiger partial charge in [-0.05, 0) is 42.5 Å². The molecule has 0 aliphatic carbocycles. The second kappa shape index (κ2) is 6.37. The van der Waals surface area contributed by atoms with Gasteiger partial charge >= 0.3 is 5.97 Å². The van der Waals surface area contributed by atoms with Crippen molar-refractivity contribution < 1.29 is 9.53 Å². The summed E-state index contributed by atoms with van der Waals surface area (Å²) in [6.45, 7) is 0. The summed E-state index contributed by atoms with van der Waals surface area (Å²) in [6, 6.07) is 24.1. The first-order valence-corrected chi connectivity index (χ1v) is 8.17. The molecule has 0 radical (unpaired) electrons. The number of nitrogens with zero attached hydrogens (tertiary/aromatic N) is 2. The summed E-state index contributed by atoms with van der Waals surface area (Å²) in [5.74, 6) is -0.468. The second-order valence-electron chi connectivity index (χ2n) is 5.82. The molecule has 0 amide bonds. The number of methoxy groups -OCH3 is 1. The summed E-state index contributed by atoms with van der Waals surface area (Å²) in [7, 11) is 1.32. The molecule has 0 unspecified atom stereocenters. The van der Waals surface area contributed by atoms with Crippen LogP contribution in [0, 0.1) is 0 Å². The highest BCUT2D eigenvalue weighted by atomic mass is 16.5. The van der Waals surface area contributed by atoms with Gasteiger partial charge in [-0.15, -0.1) is 0 Å². The van der Waals surface area contributed by atoms with Crippen LogP contribution in [-0.2, 0) is 4.74 Å². The third kappa shape index (κ3) is 2.50. The van der Waals surface area contributed by atoms with Crippen molar-refractivity contribution >= 4 is 16.9 Å². The lowest BCUT2D eigenvalue weighted by atomic mass is 10.1. The normalized spacial score (nSPS) is 10.8. The molecule has 0 N–H and O–H groups in total. The lowest BCUT2D eigenvalue weighted by Gasteiger charge is -2.12. The van der Waals surface area contributed by atoms with E-state index in [0.717, 1.165) is 16.9 Å². The number of hydrogen-bond donors (Lipinski definition) is 0. The Bertz CT molecular complexity index is 1140. The van der Waals surface area contributed by atoms with Crippen LogP contribution in [0.2, 0.25) is 0 Å². The molecule has 0 bridgehead atoms. The SMILES string of the molecule is COC(=O)c1ccc2c(c1)c(=O)n(-c1ccccc1)n2-c1ccccc1. The van der Waals surface area contributed by atoms with Crippen molar-refractivity contribution in [3.63, 3.8) is 0 Å². The Labute approximate surface area is 149 Å². The molecule has 0 saturated carbocycles. The van der Waals surface area contributed by atoms with E-state index in [2.05, 4.69) is 0 Å². The van der Waals surface area contributed by atoms with Gasteiger partial charge in [0.25, 0.3) is 5.56 Å². The summed E-state index contributed by atoms with van der Waals surface area (Å²) < 4.78 is 8.24. The van der Waals surface area contributed by atoms with Crippen LogP contribution in [0.15, 0.2) is 83.7 Å². The third-order valence-corrected chi connectivity index (χ3v) is 4.27. The van der Waals surface area contributed by atoms with E-state index in [4.69, 9.17) is 4.74 Å². The largest absolute Gasteiger partial charge is 0.465 e. The fourth-order valence-electron chi connectivity index (χ4n) is 3.08. The van der Waals surface area contributed by atoms with Gasteiger partial charge in [0.15, 0.2) is 0 Å². The van der Waals surface area contributed by atoms with Crippen LogP contribution in [0.3, 0.4) is 0 Å². The van der Waals surface area contributed by atoms with Crippen molar-refractivity contribution in [2.24, 2.45) is 0 Å². The van der Waals surface area contributed by atoms with Crippen molar-refractivity contribution in [1.29, 1.82) is 0 Å². The molecule has 0 fully saturated rings. The quantitative estimate of drug-likeness (QED) is 0.534. The lowest BCUT2D eigenvalue weighted by molar-refractivity contribution is 0.0601. The molecule has 0 atom stereocenters. The molecule has 26 heavy (non-hydrogen) atoms. The zero-order chi connectivity index (χ0) is 18.1. The minimum atomic E-state index is -0.468. The van der Waals surface area contributed by atoms with Gasteiger partial charge in [-0.3, -0.25) is 4.79 Å². The zero-order valence-corrected chi connectivity index (χ0v) is 14.1. The average molecular weight is 344 g/mol. The average Bonchev–Trinajstić information content (AvgIpc) is 3.00. The van der Waals surface area contributed by atoms with Crippen molar-refractivity contribution in [2.45, 2.75) is 0 Å². The van der Waals surface area contributed by atoms with Crippen LogP contribution in [0.5, 0.6) is 0 Å². The minimum absolute atomic E-state index is 0.194. The van der Waals surface area contributed by atoms with Gasteiger partial charge in [-0.25, -0.2) is 14.2 Å². The van der Waals surface area contributed by atoms with Crippen molar-refractivity contribution in [3.05, 3.63) is 94.8 Å². The minimum Gasteiger partial charge on any atom is -0.465 e. The molecule has 5 nitrogen and oxygen atoms in total. The Kier molecular flexibility index (Phi) is 3.89. The van der Waals surface area contributed by atoms with Crippen LogP contribution in [0.25, 0.3) is 22.3 Å². The van der Waals surface area contributed by atoms with Crippen molar-refractivity contribution in [2.75, 3.05) is 7.11 Å². The topological polar surface area (TPSA) is 53.2 Å². The number of esters is 1. The fourth-order valence-corrected chi connectivity index (χ4v) is 3.08. The monoisotopic (exact) mass is 344 g/mol. The number of para-hydroxylation sites is 2. The van der Waals surface area contributed by atoms with E-state index < -0.39 is 5.97 Å². The Balaban J connectivity index is 2.10. The second-order valence-corrected chi connectivity index (χ2v) is 5.82. The molecule has 4 aromatic rings. The number of carbonyl (C=O) groups is 1. The van der Waals surface area contributed by atoms with Crippen LogP contribution >= 0.6 is 0 Å². The van der Waals surface area contributed by atoms with Crippen LogP contribution in [-0.4, -0.2) is 22.4 Å². The fraction of sp³-hybridized carbons (Fsp3) is 0.0476. The number of carbonyl (C=O) groups excluding carboxylic acids is 1. The Morgan fingerprint density at radius 2 is 1.38 bits per heavy atom. The Morgan fingerprint density at radius 1 is 0.808 bits per heavy atom. The molecule has 1 heterocycles. The molecular formula is C21H16N2O3. The van der Waals surface area contributed by atoms with E-state index in [9.17, 15) is 9.59 Å². The maximum Gasteiger partial charge on any atom is 0.337 e. The van der Waals surface area contributed by atoms with Crippen LogP contribution < -0.4 is 5.56 Å². The molecular weight excluding hydrogens is 328 g/mol. The summed E-state index contributed by atoms with van der Waals surface area (Å²) in [6.07, 6.45) is 0. The number of rotatable bonds is 3. The molecule has 0 aliphatic heterocycles. The van der Waals surface area contributed by atoms with E-state index in [1.165, 1.54) is 7.11 Å². The van der Waals surface area contributed by atoms with E-state index >= 15 is 0 Å². The number of benzene rings is 3. The molecule has 4 rings (SSSR count). The molecule has 1 aromatic heterocycles. The smallest absolute Gasteiger partial charge is 0.337 e. The van der Waals surface area contributed by atoms with Gasteiger partial charge in [0.05, 0.1) is 35.0 Å². The molecule has 128 valence electrons. The highest BCUT2D eigenvalue weighted by Crippen LogP contribution is 2.21. The standard InChI is InChI=1S/C21H16N2O3/c1-26-21(25)15-12-13-19-18(14-15)20(24)23(17-10-6-3-7-11-17)22(19)16-8-4-2-5-9-16/h2-14H,1H3. The Hall–Kier alpha value is -3.60. The first kappa shape index (κ1) is 15.9. The third-order valence-electron chi connectivity index (χ3n) is 4.27. The van der Waals surface area contributed by atoms with Gasteiger partial charge in [-0.2, -0.15) is 0 Å². The van der Waals surface area contributed by atoms with Gasteiger partial charge in [0.2, 0.25) is 0 Å². The van der Waals surface area contributed by atoms with Crippen LogP contribution in [0.4, 0.5) is 0 Å². The van der Waals surface area contributed by atoms with E-state index in [-0.39, 0.29) is 5.56 Å². The molecule has 0 aliphatic rings. The molecule has 0 spiro atoms. The van der Waals surface area contributed by atoms with E-state index in [0.29, 0.717) is 10.9 Å². The summed E-state index contributed by atoms with van der Waals surface area (Å²) in [4.78, 5) is 25.0. The summed E-state index contributed by atoms with van der Waals surface area (Å²) in [5.41, 5.74) is 2.48. The maximum atomic E-state index is 13.2. The highest BCUT2D eigenvalue weighted by molar-refractivity contribution is 5.94. The lowest BCUT2D eigenvalue weighted by Crippen LogP contribution is -2.20. The predicted molar refractivity (Wildman–Crippen MR) is 100 cm³/mol. The van der Waals surface area contributed by atoms with E-state index in [1.807, 2.05) is 65.3 Å². The molecule has 3 aromatic carbocycles. The number of ether oxygens (including phenoxy) is 1. The highest BCUT2D eigenvalue weighted by Gasteiger charge is 2.18. The van der Waals surface area contributed by atoms with Gasteiger partial charge < -0.3 is 4.74 Å².